The zero-order chi connectivity index (χ0) is 15.2. The predicted molar refractivity (Wildman–Crippen MR) is 79.8 cm³/mol. The van der Waals surface area contributed by atoms with Crippen LogP contribution in [0.15, 0.2) is 47.4 Å². The third-order valence-electron chi connectivity index (χ3n) is 2.99. The first-order valence-corrected chi connectivity index (χ1v) is 7.54. The average molecular weight is 311 g/mol. The highest BCUT2D eigenvalue weighted by Crippen LogP contribution is 2.18. The Morgan fingerprint density at radius 1 is 0.952 bits per heavy atom. The minimum atomic E-state index is -0.826. The molecule has 0 heterocycles. The molecule has 0 saturated heterocycles. The van der Waals surface area contributed by atoms with Crippen LogP contribution in [0, 0.1) is 17.5 Å². The van der Waals surface area contributed by atoms with Gasteiger partial charge in [-0.3, -0.25) is 0 Å². The molecule has 0 aliphatic rings. The summed E-state index contributed by atoms with van der Waals surface area (Å²) in [5, 5.41) is 0. The Labute approximate surface area is 126 Å². The summed E-state index contributed by atoms with van der Waals surface area (Å²) in [6, 6.07) is 10.3. The van der Waals surface area contributed by atoms with E-state index in [-0.39, 0.29) is 5.82 Å². The van der Waals surface area contributed by atoms with Gasteiger partial charge in [-0.2, -0.15) is 0 Å². The van der Waals surface area contributed by atoms with Crippen molar-refractivity contribution in [2.24, 2.45) is 0 Å². The molecule has 0 N–H and O–H groups in total. The van der Waals surface area contributed by atoms with Crippen LogP contribution in [0.25, 0.3) is 0 Å². The van der Waals surface area contributed by atoms with Gasteiger partial charge >= 0.3 is 0 Å². The van der Waals surface area contributed by atoms with Crippen molar-refractivity contribution in [3.8, 4) is 0 Å². The van der Waals surface area contributed by atoms with E-state index < -0.39 is 11.6 Å². The molecule has 112 valence electrons. The van der Waals surface area contributed by atoms with E-state index in [0.717, 1.165) is 28.8 Å². The number of hydrogen-bond donors (Lipinski definition) is 0. The molecule has 5 heteroatoms. The van der Waals surface area contributed by atoms with Gasteiger partial charge in [0.1, 0.15) is 5.82 Å². The maximum Gasteiger partial charge on any atom is 0.159 e. The molecule has 0 aromatic heterocycles. The van der Waals surface area contributed by atoms with Crippen LogP contribution in [-0.4, -0.2) is 24.2 Å². The molecule has 2 aromatic carbocycles. The highest BCUT2D eigenvalue weighted by Gasteiger charge is 2.05. The summed E-state index contributed by atoms with van der Waals surface area (Å²) >= 11 is 1.63. The molecule has 2 aromatic rings. The second-order valence-electron chi connectivity index (χ2n) is 4.79. The lowest BCUT2D eigenvalue weighted by Gasteiger charge is -2.16. The van der Waals surface area contributed by atoms with E-state index in [1.165, 1.54) is 18.2 Å². The summed E-state index contributed by atoms with van der Waals surface area (Å²) < 4.78 is 38.7. The lowest BCUT2D eigenvalue weighted by Crippen LogP contribution is -2.20. The zero-order valence-electron chi connectivity index (χ0n) is 11.7. The molecule has 0 saturated carbocycles. The normalized spacial score (nSPS) is 11.1. The molecule has 2 rings (SSSR count). The Kier molecular flexibility index (Phi) is 5.70. The Balaban J connectivity index is 1.77. The van der Waals surface area contributed by atoms with Gasteiger partial charge in [-0.15, -0.1) is 11.8 Å². The molecular weight excluding hydrogens is 295 g/mol. The summed E-state index contributed by atoms with van der Waals surface area (Å²) in [6.45, 7) is 1.35. The molecule has 21 heavy (non-hydrogen) atoms. The summed E-state index contributed by atoms with van der Waals surface area (Å²) in [5.74, 6) is -1.05. The van der Waals surface area contributed by atoms with Gasteiger partial charge in [0.25, 0.3) is 0 Å². The van der Waals surface area contributed by atoms with Crippen LogP contribution in [0.1, 0.15) is 5.56 Å². The average Bonchev–Trinajstić information content (AvgIpc) is 2.45. The SMILES string of the molecule is CN(CCSc1ccc(F)cc1)Cc1ccc(F)c(F)c1. The number of rotatable bonds is 6. The lowest BCUT2D eigenvalue weighted by molar-refractivity contribution is 0.347. The fourth-order valence-corrected chi connectivity index (χ4v) is 2.85. The van der Waals surface area contributed by atoms with Gasteiger partial charge in [0, 0.05) is 23.7 Å². The second-order valence-corrected chi connectivity index (χ2v) is 5.96. The fourth-order valence-electron chi connectivity index (χ4n) is 1.88. The Bertz CT molecular complexity index is 587. The largest absolute Gasteiger partial charge is 0.301 e. The molecule has 0 bridgehead atoms. The van der Waals surface area contributed by atoms with Crippen molar-refractivity contribution in [2.75, 3.05) is 19.3 Å². The predicted octanol–water partition coefficient (Wildman–Crippen LogP) is 4.33. The van der Waals surface area contributed by atoms with Crippen molar-refractivity contribution >= 4 is 11.8 Å². The van der Waals surface area contributed by atoms with Gasteiger partial charge < -0.3 is 4.90 Å². The van der Waals surface area contributed by atoms with Crippen molar-refractivity contribution in [3.05, 3.63) is 65.5 Å². The van der Waals surface area contributed by atoms with E-state index in [1.54, 1.807) is 30.0 Å². The highest BCUT2D eigenvalue weighted by molar-refractivity contribution is 7.99. The van der Waals surface area contributed by atoms with Crippen LogP contribution < -0.4 is 0 Å². The summed E-state index contributed by atoms with van der Waals surface area (Å²) in [7, 11) is 1.92. The van der Waals surface area contributed by atoms with Crippen molar-refractivity contribution in [1.82, 2.24) is 4.90 Å². The molecule has 0 fully saturated rings. The fraction of sp³-hybridized carbons (Fsp3) is 0.250. The van der Waals surface area contributed by atoms with Crippen LogP contribution in [0.3, 0.4) is 0 Å². The maximum absolute atomic E-state index is 13.1. The van der Waals surface area contributed by atoms with Gasteiger partial charge in [-0.25, -0.2) is 13.2 Å². The van der Waals surface area contributed by atoms with Crippen LogP contribution in [0.4, 0.5) is 13.2 Å². The summed E-state index contributed by atoms with van der Waals surface area (Å²) in [5.41, 5.74) is 0.739. The Morgan fingerprint density at radius 2 is 1.67 bits per heavy atom. The van der Waals surface area contributed by atoms with Crippen LogP contribution in [0.5, 0.6) is 0 Å². The molecule has 0 amide bonds. The molecular formula is C16H16F3NS. The van der Waals surface area contributed by atoms with Crippen molar-refractivity contribution in [1.29, 1.82) is 0 Å². The summed E-state index contributed by atoms with van der Waals surface area (Å²) in [6.07, 6.45) is 0. The molecule has 0 spiro atoms. The second kappa shape index (κ2) is 7.52. The van der Waals surface area contributed by atoms with E-state index in [0.29, 0.717) is 6.54 Å². The van der Waals surface area contributed by atoms with E-state index in [9.17, 15) is 13.2 Å². The molecule has 0 aliphatic carbocycles. The van der Waals surface area contributed by atoms with E-state index in [1.807, 2.05) is 11.9 Å². The maximum atomic E-state index is 13.1. The van der Waals surface area contributed by atoms with Crippen molar-refractivity contribution in [3.63, 3.8) is 0 Å². The minimum absolute atomic E-state index is 0.241. The van der Waals surface area contributed by atoms with Gasteiger partial charge in [0.15, 0.2) is 11.6 Å². The number of nitrogens with zero attached hydrogens (tertiary/aromatic N) is 1. The van der Waals surface area contributed by atoms with Gasteiger partial charge in [-0.1, -0.05) is 6.07 Å². The van der Waals surface area contributed by atoms with E-state index in [2.05, 4.69) is 0 Å². The van der Waals surface area contributed by atoms with Gasteiger partial charge in [0.05, 0.1) is 0 Å². The van der Waals surface area contributed by atoms with Crippen LogP contribution in [0.2, 0.25) is 0 Å². The summed E-state index contributed by atoms with van der Waals surface area (Å²) in [4.78, 5) is 3.04. The van der Waals surface area contributed by atoms with Crippen molar-refractivity contribution < 1.29 is 13.2 Å². The van der Waals surface area contributed by atoms with Crippen LogP contribution in [-0.2, 0) is 6.54 Å². The van der Waals surface area contributed by atoms with Gasteiger partial charge in [0.2, 0.25) is 0 Å². The third-order valence-corrected chi connectivity index (χ3v) is 3.98. The smallest absolute Gasteiger partial charge is 0.159 e. The van der Waals surface area contributed by atoms with Gasteiger partial charge in [-0.05, 0) is 49.0 Å². The quantitative estimate of drug-likeness (QED) is 0.731. The molecule has 1 nitrogen and oxygen atoms in total. The molecule has 0 atom stereocenters. The van der Waals surface area contributed by atoms with Crippen molar-refractivity contribution in [2.45, 2.75) is 11.4 Å². The Morgan fingerprint density at radius 3 is 2.33 bits per heavy atom. The zero-order valence-corrected chi connectivity index (χ0v) is 12.5. The molecule has 0 aliphatic heterocycles. The molecule has 0 unspecified atom stereocenters. The standard InChI is InChI=1S/C16H16F3NS/c1-20(11-12-2-7-15(18)16(19)10-12)8-9-21-14-5-3-13(17)4-6-14/h2-7,10H,8-9,11H2,1H3. The monoisotopic (exact) mass is 311 g/mol. The van der Waals surface area contributed by atoms with Crippen LogP contribution >= 0.6 is 11.8 Å². The van der Waals surface area contributed by atoms with E-state index in [4.69, 9.17) is 0 Å². The number of benzene rings is 2. The minimum Gasteiger partial charge on any atom is -0.301 e. The highest BCUT2D eigenvalue weighted by atomic mass is 32.2. The first kappa shape index (κ1) is 15.9. The topological polar surface area (TPSA) is 3.24 Å². The number of thioether (sulfide) groups is 1. The Hall–Kier alpha value is -1.46. The first-order chi connectivity index (χ1) is 10.0. The number of hydrogen-bond acceptors (Lipinski definition) is 2. The third kappa shape index (κ3) is 5.10. The lowest BCUT2D eigenvalue weighted by atomic mass is 10.2. The number of halogens is 3. The van der Waals surface area contributed by atoms with E-state index >= 15 is 0 Å². The molecule has 0 radical (unpaired) electrons. The first-order valence-electron chi connectivity index (χ1n) is 6.55.